The maximum Gasteiger partial charge on any atom is 0.341 e. The molecule has 2 aromatic rings. The highest BCUT2D eigenvalue weighted by Gasteiger charge is 2.12. The van der Waals surface area contributed by atoms with E-state index in [0.29, 0.717) is 12.2 Å². The Labute approximate surface area is 115 Å². The van der Waals surface area contributed by atoms with Gasteiger partial charge in [0.25, 0.3) is 0 Å². The Kier molecular flexibility index (Phi) is 3.97. The first-order valence-electron chi connectivity index (χ1n) is 6.34. The summed E-state index contributed by atoms with van der Waals surface area (Å²) in [6, 6.07) is 1.32. The minimum atomic E-state index is -1.22. The van der Waals surface area contributed by atoms with Gasteiger partial charge in [-0.2, -0.15) is 5.10 Å². The Morgan fingerprint density at radius 2 is 2.20 bits per heavy atom. The summed E-state index contributed by atoms with van der Waals surface area (Å²) in [6.07, 6.45) is 3.76. The van der Waals surface area contributed by atoms with Gasteiger partial charge in [0.05, 0.1) is 6.54 Å². The van der Waals surface area contributed by atoms with Gasteiger partial charge in [-0.15, -0.1) is 0 Å². The molecule has 0 saturated heterocycles. The van der Waals surface area contributed by atoms with E-state index in [1.165, 1.54) is 18.6 Å². The van der Waals surface area contributed by atoms with Gasteiger partial charge >= 0.3 is 5.97 Å². The average Bonchev–Trinajstić information content (AvgIpc) is 2.80. The lowest BCUT2D eigenvalue weighted by Gasteiger charge is -2.11. The molecule has 7 heteroatoms. The van der Waals surface area contributed by atoms with Gasteiger partial charge in [-0.3, -0.25) is 4.79 Å². The van der Waals surface area contributed by atoms with Crippen molar-refractivity contribution >= 4 is 5.97 Å². The molecule has 0 aliphatic carbocycles. The Morgan fingerprint density at radius 1 is 1.45 bits per heavy atom. The number of carboxylic acids is 1. The van der Waals surface area contributed by atoms with Gasteiger partial charge in [0, 0.05) is 24.5 Å². The van der Waals surface area contributed by atoms with E-state index in [2.05, 4.69) is 10.1 Å². The third-order valence-corrected chi connectivity index (χ3v) is 3.02. The molecule has 2 rings (SSSR count). The van der Waals surface area contributed by atoms with E-state index in [4.69, 9.17) is 5.11 Å². The van der Waals surface area contributed by atoms with Crippen LogP contribution in [0.5, 0.6) is 0 Å². The molecule has 0 aromatic carbocycles. The van der Waals surface area contributed by atoms with Crippen molar-refractivity contribution < 1.29 is 9.90 Å². The quantitative estimate of drug-likeness (QED) is 0.876. The molecule has 0 aliphatic rings. The predicted molar refractivity (Wildman–Crippen MR) is 71.8 cm³/mol. The maximum atomic E-state index is 11.6. The van der Waals surface area contributed by atoms with Gasteiger partial charge in [0.2, 0.25) is 0 Å². The zero-order valence-corrected chi connectivity index (χ0v) is 11.4. The molecule has 2 aromatic heterocycles. The molecular formula is C13H16N4O3. The van der Waals surface area contributed by atoms with Crippen LogP contribution in [0.25, 0.3) is 0 Å². The van der Waals surface area contributed by atoms with Crippen molar-refractivity contribution in [3.63, 3.8) is 0 Å². The molecule has 0 atom stereocenters. The van der Waals surface area contributed by atoms with Gasteiger partial charge in [0.1, 0.15) is 17.7 Å². The lowest BCUT2D eigenvalue weighted by Crippen LogP contribution is -2.20. The van der Waals surface area contributed by atoms with Crippen molar-refractivity contribution in [1.82, 2.24) is 19.3 Å². The fraction of sp³-hybridized carbons (Fsp3) is 0.385. The maximum absolute atomic E-state index is 11.6. The summed E-state index contributed by atoms with van der Waals surface area (Å²) in [6.45, 7) is 4.93. The molecule has 0 unspecified atom stereocenters. The van der Waals surface area contributed by atoms with Crippen molar-refractivity contribution in [3.8, 4) is 0 Å². The first-order chi connectivity index (χ1) is 9.52. The molecule has 20 heavy (non-hydrogen) atoms. The molecule has 7 nitrogen and oxygen atoms in total. The molecule has 2 heterocycles. The zero-order chi connectivity index (χ0) is 14.7. The van der Waals surface area contributed by atoms with E-state index >= 15 is 0 Å². The van der Waals surface area contributed by atoms with Crippen molar-refractivity contribution in [1.29, 1.82) is 0 Å². The number of hydrogen-bond donors (Lipinski definition) is 1. The van der Waals surface area contributed by atoms with Gasteiger partial charge in [0.15, 0.2) is 5.43 Å². The Hall–Kier alpha value is -2.44. The minimum Gasteiger partial charge on any atom is -0.477 e. The number of aryl methyl sites for hydroxylation is 2. The van der Waals surface area contributed by atoms with Crippen LogP contribution in [0.3, 0.4) is 0 Å². The van der Waals surface area contributed by atoms with Crippen LogP contribution >= 0.6 is 0 Å². The van der Waals surface area contributed by atoms with E-state index in [1.807, 2.05) is 6.92 Å². The molecule has 0 fully saturated rings. The smallest absolute Gasteiger partial charge is 0.341 e. The summed E-state index contributed by atoms with van der Waals surface area (Å²) in [7, 11) is 0. The van der Waals surface area contributed by atoms with Crippen LogP contribution in [-0.2, 0) is 13.1 Å². The van der Waals surface area contributed by atoms with Crippen molar-refractivity contribution in [3.05, 3.63) is 45.9 Å². The first-order valence-corrected chi connectivity index (χ1v) is 6.34. The van der Waals surface area contributed by atoms with E-state index in [9.17, 15) is 9.59 Å². The average molecular weight is 276 g/mol. The summed E-state index contributed by atoms with van der Waals surface area (Å²) in [5.41, 5.74) is -0.0375. The third kappa shape index (κ3) is 2.76. The van der Waals surface area contributed by atoms with Crippen LogP contribution in [0.4, 0.5) is 0 Å². The van der Waals surface area contributed by atoms with Crippen LogP contribution in [-0.4, -0.2) is 30.4 Å². The lowest BCUT2D eigenvalue weighted by molar-refractivity contribution is 0.0694. The normalized spacial score (nSPS) is 10.7. The van der Waals surface area contributed by atoms with Crippen LogP contribution in [0.15, 0.2) is 23.4 Å². The summed E-state index contributed by atoms with van der Waals surface area (Å²) >= 11 is 0. The summed E-state index contributed by atoms with van der Waals surface area (Å²) in [4.78, 5) is 26.8. The Morgan fingerprint density at radius 3 is 2.85 bits per heavy atom. The van der Waals surface area contributed by atoms with Crippen molar-refractivity contribution in [2.45, 2.75) is 33.4 Å². The first kappa shape index (κ1) is 14.0. The summed E-state index contributed by atoms with van der Waals surface area (Å²) in [5.74, 6) is -0.492. The second-order valence-corrected chi connectivity index (χ2v) is 4.53. The number of carboxylic acid groups (broad SMARTS) is 1. The van der Waals surface area contributed by atoms with Crippen molar-refractivity contribution in [2.75, 3.05) is 0 Å². The number of aromatic nitrogens is 4. The fourth-order valence-corrected chi connectivity index (χ4v) is 1.96. The highest BCUT2D eigenvalue weighted by Crippen LogP contribution is 2.05. The summed E-state index contributed by atoms with van der Waals surface area (Å²) < 4.78 is 3.47. The largest absolute Gasteiger partial charge is 0.477 e. The van der Waals surface area contributed by atoms with E-state index in [1.54, 1.807) is 16.2 Å². The molecule has 0 aliphatic heterocycles. The molecule has 0 bridgehead atoms. The number of carbonyl (C=O) groups is 1. The highest BCUT2D eigenvalue weighted by atomic mass is 16.4. The Bertz CT molecular complexity index is 687. The summed E-state index contributed by atoms with van der Waals surface area (Å²) in [5, 5.41) is 13.1. The molecule has 106 valence electrons. The predicted octanol–water partition coefficient (Wildman–Crippen LogP) is 0.905. The van der Waals surface area contributed by atoms with Gasteiger partial charge < -0.3 is 9.67 Å². The monoisotopic (exact) mass is 276 g/mol. The second-order valence-electron chi connectivity index (χ2n) is 4.53. The van der Waals surface area contributed by atoms with Gasteiger partial charge in [-0.05, 0) is 13.3 Å². The van der Waals surface area contributed by atoms with E-state index in [0.717, 1.165) is 18.8 Å². The number of pyridine rings is 1. The topological polar surface area (TPSA) is 90.0 Å². The number of rotatable bonds is 5. The zero-order valence-electron chi connectivity index (χ0n) is 11.4. The van der Waals surface area contributed by atoms with E-state index < -0.39 is 11.4 Å². The lowest BCUT2D eigenvalue weighted by atomic mass is 10.2. The standard InChI is InChI=1S/C13H16N4O3/c1-3-4-17-12(14-8-15-17)7-16-6-10(13(19)20)11(18)5-9(16)2/h5-6,8H,3-4,7H2,1-2H3,(H,19,20). The fourth-order valence-electron chi connectivity index (χ4n) is 1.96. The van der Waals surface area contributed by atoms with Crippen LogP contribution < -0.4 is 5.43 Å². The highest BCUT2D eigenvalue weighted by molar-refractivity contribution is 5.87. The number of hydrogen-bond acceptors (Lipinski definition) is 4. The van der Waals surface area contributed by atoms with Gasteiger partial charge in [-0.25, -0.2) is 14.5 Å². The SMILES string of the molecule is CCCn1ncnc1Cn1cc(C(=O)O)c(=O)cc1C. The molecule has 0 spiro atoms. The third-order valence-electron chi connectivity index (χ3n) is 3.02. The molecular weight excluding hydrogens is 260 g/mol. The molecule has 0 radical (unpaired) electrons. The number of nitrogens with zero attached hydrogens (tertiary/aromatic N) is 4. The van der Waals surface area contributed by atoms with Crippen molar-refractivity contribution in [2.24, 2.45) is 0 Å². The molecule has 1 N–H and O–H groups in total. The minimum absolute atomic E-state index is 0.239. The molecule has 0 saturated carbocycles. The van der Waals surface area contributed by atoms with Crippen LogP contribution in [0, 0.1) is 6.92 Å². The van der Waals surface area contributed by atoms with E-state index in [-0.39, 0.29) is 5.56 Å². The van der Waals surface area contributed by atoms with Crippen LogP contribution in [0.2, 0.25) is 0 Å². The molecule has 0 amide bonds. The second kappa shape index (κ2) is 5.68. The number of aromatic carboxylic acids is 1. The van der Waals surface area contributed by atoms with Gasteiger partial charge in [-0.1, -0.05) is 6.92 Å². The Balaban J connectivity index is 2.38. The van der Waals surface area contributed by atoms with Crippen LogP contribution in [0.1, 0.15) is 35.2 Å².